The van der Waals surface area contributed by atoms with Crippen LogP contribution in [0.15, 0.2) is 39.6 Å². The molecule has 1 amide bonds. The summed E-state index contributed by atoms with van der Waals surface area (Å²) >= 11 is 6.12. The van der Waals surface area contributed by atoms with Gasteiger partial charge in [0.2, 0.25) is 5.60 Å². The molecule has 6 nitrogen and oxygen atoms in total. The van der Waals surface area contributed by atoms with Gasteiger partial charge < -0.3 is 14.9 Å². The smallest absolute Gasteiger partial charge is 0.372 e. The average molecular weight is 499 g/mol. The molecular weight excluding hydrogens is 480 g/mol. The Labute approximate surface area is 195 Å². The zero-order chi connectivity index (χ0) is 25.0. The summed E-state index contributed by atoms with van der Waals surface area (Å²) in [4.78, 5) is 24.8. The Morgan fingerprint density at radius 2 is 1.94 bits per heavy atom. The molecule has 4 rings (SSSR count). The van der Waals surface area contributed by atoms with Crippen molar-refractivity contribution >= 4 is 34.0 Å². The van der Waals surface area contributed by atoms with Gasteiger partial charge in [-0.2, -0.15) is 13.2 Å². The Morgan fingerprint density at radius 3 is 2.62 bits per heavy atom. The van der Waals surface area contributed by atoms with Gasteiger partial charge in [-0.3, -0.25) is 4.79 Å². The fourth-order valence-corrected chi connectivity index (χ4v) is 5.13. The quantitative estimate of drug-likeness (QED) is 0.502. The maximum Gasteiger partial charge on any atom is 0.426 e. The number of hydrogen-bond acceptors (Lipinski definition) is 5. The summed E-state index contributed by atoms with van der Waals surface area (Å²) in [6, 6.07) is 5.98. The lowest BCUT2D eigenvalue weighted by Crippen LogP contribution is -2.61. The lowest BCUT2D eigenvalue weighted by Gasteiger charge is -2.42. The van der Waals surface area contributed by atoms with E-state index in [0.29, 0.717) is 5.56 Å². The van der Waals surface area contributed by atoms with Crippen LogP contribution in [0.2, 0.25) is 5.02 Å². The van der Waals surface area contributed by atoms with E-state index in [4.69, 9.17) is 11.6 Å². The van der Waals surface area contributed by atoms with Gasteiger partial charge in [-0.05, 0) is 67.1 Å². The summed E-state index contributed by atoms with van der Waals surface area (Å²) in [7, 11) is 0. The number of benzene rings is 2. The van der Waals surface area contributed by atoms with Gasteiger partial charge >= 0.3 is 11.8 Å². The zero-order valence-electron chi connectivity index (χ0n) is 18.0. The first-order chi connectivity index (χ1) is 15.8. The summed E-state index contributed by atoms with van der Waals surface area (Å²) in [6.07, 6.45) is -5.54. The zero-order valence-corrected chi connectivity index (χ0v) is 18.7. The van der Waals surface area contributed by atoms with Crippen molar-refractivity contribution in [3.05, 3.63) is 68.4 Å². The number of nitrogens with one attached hydrogen (secondary N) is 1. The summed E-state index contributed by atoms with van der Waals surface area (Å²) in [6.45, 7) is 2.94. The fourth-order valence-electron chi connectivity index (χ4n) is 4.73. The van der Waals surface area contributed by atoms with Crippen molar-refractivity contribution in [1.82, 2.24) is 5.16 Å². The van der Waals surface area contributed by atoms with Crippen LogP contribution in [0.3, 0.4) is 0 Å². The van der Waals surface area contributed by atoms with E-state index in [-0.39, 0.29) is 45.6 Å². The first kappa shape index (κ1) is 24.2. The molecular formula is C23H19ClF4N2O4. The Kier molecular flexibility index (Phi) is 5.93. The van der Waals surface area contributed by atoms with E-state index in [0.717, 1.165) is 6.07 Å². The van der Waals surface area contributed by atoms with E-state index in [1.54, 1.807) is 0 Å². The summed E-state index contributed by atoms with van der Waals surface area (Å²) < 4.78 is 61.1. The van der Waals surface area contributed by atoms with Gasteiger partial charge in [0.05, 0.1) is 11.1 Å². The number of nitrogens with zero attached hydrogens (tertiary/aromatic N) is 1. The predicted molar refractivity (Wildman–Crippen MR) is 116 cm³/mol. The van der Waals surface area contributed by atoms with Gasteiger partial charge in [-0.25, -0.2) is 9.18 Å². The second-order valence-corrected chi connectivity index (χ2v) is 8.84. The van der Waals surface area contributed by atoms with Crippen molar-refractivity contribution in [3.63, 3.8) is 0 Å². The van der Waals surface area contributed by atoms with Crippen molar-refractivity contribution in [2.24, 2.45) is 5.92 Å². The van der Waals surface area contributed by atoms with Crippen LogP contribution in [0.1, 0.15) is 36.1 Å². The van der Waals surface area contributed by atoms with Crippen LogP contribution in [-0.2, 0) is 11.2 Å². The molecule has 180 valence electrons. The van der Waals surface area contributed by atoms with Gasteiger partial charge in [0.15, 0.2) is 0 Å². The van der Waals surface area contributed by atoms with Crippen molar-refractivity contribution in [3.8, 4) is 0 Å². The monoisotopic (exact) mass is 498 g/mol. The molecule has 3 aromatic rings. The number of alkyl halides is 3. The molecule has 1 heterocycles. The van der Waals surface area contributed by atoms with Gasteiger partial charge in [0.25, 0.3) is 5.91 Å². The highest BCUT2D eigenvalue weighted by Crippen LogP contribution is 2.50. The number of fused-ring (bicyclic) bond motifs is 2. The maximum atomic E-state index is 14.3. The van der Waals surface area contributed by atoms with E-state index < -0.39 is 41.0 Å². The molecule has 0 saturated carbocycles. The van der Waals surface area contributed by atoms with E-state index in [9.17, 15) is 32.3 Å². The third-order valence-electron chi connectivity index (χ3n) is 6.43. The number of amides is 1. The number of hydrogen-bond donors (Lipinski definition) is 2. The average Bonchev–Trinajstić information content (AvgIpc) is 2.74. The minimum absolute atomic E-state index is 0.00407. The number of anilines is 1. The third kappa shape index (κ3) is 3.84. The van der Waals surface area contributed by atoms with Gasteiger partial charge in [0, 0.05) is 22.0 Å². The normalized spacial score (nSPS) is 20.0. The molecule has 1 aliphatic carbocycles. The van der Waals surface area contributed by atoms with Crippen LogP contribution in [0.25, 0.3) is 10.8 Å². The molecule has 0 radical (unpaired) electrons. The number of carbonyl (C=O) groups excluding carboxylic acids is 1. The SMILES string of the molecule is Cc1noc(=O)c2ccc(NC(=O)[C@](O)(C3CCc4cc(F)cc(Cl)c4C3C)C(F)(F)F)cc12. The molecule has 11 heteroatoms. The van der Waals surface area contributed by atoms with Crippen molar-refractivity contribution in [2.75, 3.05) is 5.32 Å². The van der Waals surface area contributed by atoms with Gasteiger partial charge in [-0.15, -0.1) is 0 Å². The van der Waals surface area contributed by atoms with E-state index in [1.807, 2.05) is 0 Å². The molecule has 0 spiro atoms. The number of aromatic nitrogens is 1. The molecule has 0 bridgehead atoms. The van der Waals surface area contributed by atoms with Crippen LogP contribution in [0.4, 0.5) is 23.2 Å². The summed E-state index contributed by atoms with van der Waals surface area (Å²) in [5.41, 5.74) is -3.58. The standard InChI is InChI=1S/C23H19ClF4N2O4/c1-10-17(6-3-12-7-13(25)8-18(24)19(10)12)22(33,23(26,27)28)21(32)29-14-4-5-15-16(9-14)11(2)30-34-20(15)31/h4-5,7-10,17,33H,3,6H2,1-2H3,(H,29,32)/t10?,17?,22-/m1/s1. The molecule has 1 aromatic heterocycles. The molecule has 1 aliphatic rings. The molecule has 0 fully saturated rings. The maximum absolute atomic E-state index is 14.3. The van der Waals surface area contributed by atoms with Crippen LogP contribution in [0.5, 0.6) is 0 Å². The minimum atomic E-state index is -5.32. The molecule has 3 atom stereocenters. The number of aliphatic hydroxyl groups is 1. The van der Waals surface area contributed by atoms with Crippen molar-refractivity contribution in [2.45, 2.75) is 44.4 Å². The van der Waals surface area contributed by atoms with Crippen LogP contribution in [-0.4, -0.2) is 27.9 Å². The highest BCUT2D eigenvalue weighted by atomic mass is 35.5. The minimum Gasteiger partial charge on any atom is -0.372 e. The number of rotatable bonds is 3. The van der Waals surface area contributed by atoms with Crippen molar-refractivity contribution in [1.29, 1.82) is 0 Å². The van der Waals surface area contributed by atoms with E-state index in [2.05, 4.69) is 15.0 Å². The Balaban J connectivity index is 1.73. The van der Waals surface area contributed by atoms with E-state index >= 15 is 0 Å². The fraction of sp³-hybridized carbons (Fsp3) is 0.348. The van der Waals surface area contributed by atoms with Gasteiger partial charge in [0.1, 0.15) is 5.82 Å². The first-order valence-electron chi connectivity index (χ1n) is 10.3. The second-order valence-electron chi connectivity index (χ2n) is 8.43. The lowest BCUT2D eigenvalue weighted by molar-refractivity contribution is -0.269. The lowest BCUT2D eigenvalue weighted by atomic mass is 9.67. The summed E-state index contributed by atoms with van der Waals surface area (Å²) in [5, 5.41) is 17.0. The highest BCUT2D eigenvalue weighted by molar-refractivity contribution is 6.31. The van der Waals surface area contributed by atoms with Crippen LogP contribution in [0, 0.1) is 18.7 Å². The van der Waals surface area contributed by atoms with Crippen LogP contribution >= 0.6 is 11.6 Å². The first-order valence-corrected chi connectivity index (χ1v) is 10.7. The molecule has 2 aromatic carbocycles. The third-order valence-corrected chi connectivity index (χ3v) is 6.74. The van der Waals surface area contributed by atoms with Crippen molar-refractivity contribution < 1.29 is 32.0 Å². The van der Waals surface area contributed by atoms with Gasteiger partial charge in [-0.1, -0.05) is 23.7 Å². The second kappa shape index (κ2) is 8.35. The number of halogens is 5. The Morgan fingerprint density at radius 1 is 1.24 bits per heavy atom. The Bertz CT molecular complexity index is 1360. The predicted octanol–water partition coefficient (Wildman–Crippen LogP) is 4.89. The Hall–Kier alpha value is -2.98. The molecule has 2 N–H and O–H groups in total. The largest absolute Gasteiger partial charge is 0.426 e. The molecule has 0 saturated heterocycles. The number of aryl methyl sites for hydroxylation is 2. The van der Waals surface area contributed by atoms with Crippen LogP contribution < -0.4 is 10.9 Å². The summed E-state index contributed by atoms with van der Waals surface area (Å²) in [5.74, 6) is -4.87. The topological polar surface area (TPSA) is 92.4 Å². The highest BCUT2D eigenvalue weighted by Gasteiger charge is 2.65. The number of carbonyl (C=O) groups is 1. The molecule has 34 heavy (non-hydrogen) atoms. The molecule has 2 unspecified atom stereocenters. The molecule has 0 aliphatic heterocycles. The van der Waals surface area contributed by atoms with E-state index in [1.165, 1.54) is 38.1 Å².